The second-order valence-electron chi connectivity index (χ2n) is 6.30. The zero-order valence-corrected chi connectivity index (χ0v) is 13.3. The molecule has 0 aromatic heterocycles. The van der Waals surface area contributed by atoms with Gasteiger partial charge in [-0.15, -0.1) is 0 Å². The zero-order valence-electron chi connectivity index (χ0n) is 13.3. The third-order valence-electron chi connectivity index (χ3n) is 3.66. The Morgan fingerprint density at radius 3 is 2.67 bits per heavy atom. The molecule has 0 aliphatic carbocycles. The molecule has 1 rings (SSSR count). The highest BCUT2D eigenvalue weighted by Gasteiger charge is 2.21. The van der Waals surface area contributed by atoms with Crippen molar-refractivity contribution in [1.29, 1.82) is 0 Å². The summed E-state index contributed by atoms with van der Waals surface area (Å²) >= 11 is 0. The minimum Gasteiger partial charge on any atom is -0.481 e. The maximum Gasteiger partial charge on any atom is 0.317 e. The Bertz CT molecular complexity index is 341. The molecule has 2 amide bonds. The summed E-state index contributed by atoms with van der Waals surface area (Å²) in [5, 5.41) is 11.8. The summed E-state index contributed by atoms with van der Waals surface area (Å²) in [5.74, 6) is -0.430. The molecule has 2 unspecified atom stereocenters. The van der Waals surface area contributed by atoms with Crippen molar-refractivity contribution in [3.8, 4) is 0 Å². The van der Waals surface area contributed by atoms with Gasteiger partial charge in [0.1, 0.15) is 0 Å². The highest BCUT2D eigenvalue weighted by Crippen LogP contribution is 2.15. The number of aliphatic carboxylic acids is 1. The van der Waals surface area contributed by atoms with E-state index in [1.54, 1.807) is 11.9 Å². The lowest BCUT2D eigenvalue weighted by atomic mass is 9.94. The van der Waals surface area contributed by atoms with Crippen LogP contribution in [-0.4, -0.2) is 54.9 Å². The molecular weight excluding hydrogens is 272 g/mol. The van der Waals surface area contributed by atoms with Crippen LogP contribution in [0.4, 0.5) is 4.79 Å². The minimum atomic E-state index is -0.817. The fraction of sp³-hybridized carbons (Fsp3) is 0.867. The smallest absolute Gasteiger partial charge is 0.317 e. The SMILES string of the molecule is CC(C)CC(CNC(=O)N(C)CC1CCCO1)CC(=O)O. The first-order valence-electron chi connectivity index (χ1n) is 7.70. The van der Waals surface area contributed by atoms with Gasteiger partial charge in [0.25, 0.3) is 0 Å². The van der Waals surface area contributed by atoms with Crippen LogP contribution in [0.25, 0.3) is 0 Å². The summed E-state index contributed by atoms with van der Waals surface area (Å²) in [5.41, 5.74) is 0. The van der Waals surface area contributed by atoms with Gasteiger partial charge in [0.15, 0.2) is 0 Å². The van der Waals surface area contributed by atoms with Crippen molar-refractivity contribution >= 4 is 12.0 Å². The first-order chi connectivity index (χ1) is 9.88. The molecule has 1 fully saturated rings. The number of carboxylic acid groups (broad SMARTS) is 1. The van der Waals surface area contributed by atoms with Gasteiger partial charge in [0.05, 0.1) is 6.10 Å². The van der Waals surface area contributed by atoms with Gasteiger partial charge in [0.2, 0.25) is 0 Å². The predicted molar refractivity (Wildman–Crippen MR) is 80.2 cm³/mol. The molecule has 0 radical (unpaired) electrons. The van der Waals surface area contributed by atoms with Crippen molar-refractivity contribution in [1.82, 2.24) is 10.2 Å². The number of amides is 2. The fourth-order valence-corrected chi connectivity index (χ4v) is 2.70. The largest absolute Gasteiger partial charge is 0.481 e. The van der Waals surface area contributed by atoms with Crippen molar-refractivity contribution in [3.63, 3.8) is 0 Å². The van der Waals surface area contributed by atoms with E-state index in [9.17, 15) is 9.59 Å². The molecule has 21 heavy (non-hydrogen) atoms. The second-order valence-corrected chi connectivity index (χ2v) is 6.30. The number of hydrogen-bond acceptors (Lipinski definition) is 3. The molecule has 2 atom stereocenters. The number of ether oxygens (including phenoxy) is 1. The maximum atomic E-state index is 12.0. The molecule has 6 nitrogen and oxygen atoms in total. The van der Waals surface area contributed by atoms with Crippen LogP contribution >= 0.6 is 0 Å². The van der Waals surface area contributed by atoms with Gasteiger partial charge < -0.3 is 20.1 Å². The number of carboxylic acids is 1. The number of urea groups is 1. The molecule has 0 saturated carbocycles. The number of nitrogens with zero attached hydrogens (tertiary/aromatic N) is 1. The molecule has 1 aliphatic rings. The monoisotopic (exact) mass is 300 g/mol. The van der Waals surface area contributed by atoms with Crippen LogP contribution in [0.2, 0.25) is 0 Å². The molecule has 0 bridgehead atoms. The van der Waals surface area contributed by atoms with E-state index in [0.717, 1.165) is 25.9 Å². The van der Waals surface area contributed by atoms with Gasteiger partial charge in [-0.1, -0.05) is 13.8 Å². The Labute approximate surface area is 126 Å². The minimum absolute atomic E-state index is 0.0254. The molecular formula is C15H28N2O4. The van der Waals surface area contributed by atoms with Crippen LogP contribution in [-0.2, 0) is 9.53 Å². The van der Waals surface area contributed by atoms with Gasteiger partial charge in [-0.05, 0) is 31.1 Å². The summed E-state index contributed by atoms with van der Waals surface area (Å²) in [7, 11) is 1.74. The second kappa shape index (κ2) is 8.87. The maximum absolute atomic E-state index is 12.0. The summed E-state index contributed by atoms with van der Waals surface area (Å²) in [6, 6.07) is -0.162. The average molecular weight is 300 g/mol. The first kappa shape index (κ1) is 17.8. The Balaban J connectivity index is 2.34. The van der Waals surface area contributed by atoms with Gasteiger partial charge in [0, 0.05) is 33.2 Å². The van der Waals surface area contributed by atoms with E-state index in [-0.39, 0.29) is 24.5 Å². The van der Waals surface area contributed by atoms with Crippen molar-refractivity contribution in [2.45, 2.75) is 45.6 Å². The van der Waals surface area contributed by atoms with E-state index in [2.05, 4.69) is 19.2 Å². The first-order valence-corrected chi connectivity index (χ1v) is 7.70. The van der Waals surface area contributed by atoms with Gasteiger partial charge in [-0.2, -0.15) is 0 Å². The standard InChI is InChI=1S/C15H28N2O4/c1-11(2)7-12(8-14(18)19)9-16-15(20)17(3)10-13-5-4-6-21-13/h11-13H,4-10H2,1-3H3,(H,16,20)(H,18,19). The lowest BCUT2D eigenvalue weighted by Gasteiger charge is -2.23. The van der Waals surface area contributed by atoms with Crippen molar-refractivity contribution in [2.75, 3.05) is 26.7 Å². The lowest BCUT2D eigenvalue weighted by Crippen LogP contribution is -2.43. The topological polar surface area (TPSA) is 78.9 Å². The van der Waals surface area contributed by atoms with Gasteiger partial charge in [-0.3, -0.25) is 4.79 Å². The van der Waals surface area contributed by atoms with Gasteiger partial charge in [-0.25, -0.2) is 4.79 Å². The molecule has 0 aromatic rings. The molecule has 122 valence electrons. The van der Waals surface area contributed by atoms with Crippen LogP contribution < -0.4 is 5.32 Å². The summed E-state index contributed by atoms with van der Waals surface area (Å²) in [4.78, 5) is 24.5. The Hall–Kier alpha value is -1.30. The van der Waals surface area contributed by atoms with E-state index in [0.29, 0.717) is 19.0 Å². The third-order valence-corrected chi connectivity index (χ3v) is 3.66. The van der Waals surface area contributed by atoms with Gasteiger partial charge >= 0.3 is 12.0 Å². The van der Waals surface area contributed by atoms with E-state index in [1.165, 1.54) is 0 Å². The normalized spacial score (nSPS) is 19.5. The van der Waals surface area contributed by atoms with Crippen LogP contribution in [0, 0.1) is 11.8 Å². The number of carbonyl (C=O) groups excluding carboxylic acids is 1. The Morgan fingerprint density at radius 1 is 1.43 bits per heavy atom. The number of nitrogens with one attached hydrogen (secondary N) is 1. The highest BCUT2D eigenvalue weighted by atomic mass is 16.5. The summed E-state index contributed by atoms with van der Waals surface area (Å²) < 4.78 is 5.51. The summed E-state index contributed by atoms with van der Waals surface area (Å²) in [6.07, 6.45) is 3.06. The van der Waals surface area contributed by atoms with Crippen molar-refractivity contribution < 1.29 is 19.4 Å². The molecule has 2 N–H and O–H groups in total. The Morgan fingerprint density at radius 2 is 2.14 bits per heavy atom. The molecule has 6 heteroatoms. The lowest BCUT2D eigenvalue weighted by molar-refractivity contribution is -0.138. The van der Waals surface area contributed by atoms with Crippen molar-refractivity contribution in [3.05, 3.63) is 0 Å². The zero-order chi connectivity index (χ0) is 15.8. The molecule has 0 aromatic carbocycles. The quantitative estimate of drug-likeness (QED) is 0.718. The predicted octanol–water partition coefficient (Wildman–Crippen LogP) is 1.94. The van der Waals surface area contributed by atoms with E-state index >= 15 is 0 Å². The Kier molecular flexibility index (Phi) is 7.50. The molecule has 1 aliphatic heterocycles. The fourth-order valence-electron chi connectivity index (χ4n) is 2.70. The van der Waals surface area contributed by atoms with E-state index in [1.807, 2.05) is 0 Å². The molecule has 1 saturated heterocycles. The molecule has 0 spiro atoms. The van der Waals surface area contributed by atoms with E-state index < -0.39 is 5.97 Å². The van der Waals surface area contributed by atoms with E-state index in [4.69, 9.17) is 9.84 Å². The van der Waals surface area contributed by atoms with Crippen LogP contribution in [0.3, 0.4) is 0 Å². The van der Waals surface area contributed by atoms with Crippen LogP contribution in [0.5, 0.6) is 0 Å². The molecule has 1 heterocycles. The number of carbonyl (C=O) groups is 2. The highest BCUT2D eigenvalue weighted by molar-refractivity contribution is 5.74. The van der Waals surface area contributed by atoms with Crippen LogP contribution in [0.15, 0.2) is 0 Å². The number of hydrogen-bond donors (Lipinski definition) is 2. The number of rotatable bonds is 8. The summed E-state index contributed by atoms with van der Waals surface area (Å²) in [6.45, 7) is 5.87. The average Bonchev–Trinajstić information content (AvgIpc) is 2.86. The third kappa shape index (κ3) is 7.32. The number of likely N-dealkylation sites (N-methyl/N-ethyl adjacent to an activating group) is 1. The van der Waals surface area contributed by atoms with Crippen LogP contribution in [0.1, 0.15) is 39.5 Å². The van der Waals surface area contributed by atoms with Crippen molar-refractivity contribution in [2.24, 2.45) is 11.8 Å².